The van der Waals surface area contributed by atoms with Gasteiger partial charge in [0.25, 0.3) is 0 Å². The highest BCUT2D eigenvalue weighted by molar-refractivity contribution is 5.78. The molecule has 1 aliphatic rings. The van der Waals surface area contributed by atoms with E-state index >= 15 is 0 Å². The van der Waals surface area contributed by atoms with Gasteiger partial charge in [0.15, 0.2) is 0 Å². The van der Waals surface area contributed by atoms with E-state index in [4.69, 9.17) is 0 Å². The van der Waals surface area contributed by atoms with E-state index in [1.54, 1.807) is 0 Å². The highest BCUT2D eigenvalue weighted by atomic mass is 16.1. The fraction of sp³-hybridized carbons (Fsp3) is 0.611. The van der Waals surface area contributed by atoms with Crippen molar-refractivity contribution in [2.24, 2.45) is 5.92 Å². The molecular weight excluding hydrogens is 274 g/mol. The van der Waals surface area contributed by atoms with Crippen LogP contribution in [0.25, 0.3) is 0 Å². The molecule has 4 heteroatoms. The third-order valence-corrected chi connectivity index (χ3v) is 4.53. The Hall–Kier alpha value is -1.55. The maximum atomic E-state index is 11.7. The fourth-order valence-electron chi connectivity index (χ4n) is 2.75. The summed E-state index contributed by atoms with van der Waals surface area (Å²) in [4.78, 5) is 16.6. The molecule has 1 heterocycles. The predicted molar refractivity (Wildman–Crippen MR) is 92.3 cm³/mol. The normalized spacial score (nSPS) is 17.3. The minimum atomic E-state index is 0.123. The lowest BCUT2D eigenvalue weighted by molar-refractivity contribution is -0.124. The molecule has 1 unspecified atom stereocenters. The van der Waals surface area contributed by atoms with Crippen LogP contribution in [0, 0.1) is 12.8 Å². The van der Waals surface area contributed by atoms with Gasteiger partial charge in [0, 0.05) is 50.9 Å². The number of nitrogens with zero attached hydrogens (tertiary/aromatic N) is 2. The van der Waals surface area contributed by atoms with Gasteiger partial charge in [-0.3, -0.25) is 9.69 Å². The molecule has 2 rings (SSSR count). The van der Waals surface area contributed by atoms with E-state index in [-0.39, 0.29) is 11.8 Å². The zero-order valence-electron chi connectivity index (χ0n) is 14.1. The van der Waals surface area contributed by atoms with E-state index in [0.29, 0.717) is 0 Å². The Bertz CT molecular complexity index is 481. The van der Waals surface area contributed by atoms with Crippen LogP contribution in [-0.4, -0.2) is 50.1 Å². The summed E-state index contributed by atoms with van der Waals surface area (Å²) >= 11 is 0. The summed E-state index contributed by atoms with van der Waals surface area (Å²) in [6.45, 7) is 12.1. The standard InChI is InChI=1S/C18H29N3O/c1-4-16(3)18(22)19-8-9-20-10-12-21(13-11-20)17-7-5-6-15(2)14-17/h5-7,14,16H,4,8-13H2,1-3H3,(H,19,22). The number of nitrogens with one attached hydrogen (secondary N) is 1. The monoisotopic (exact) mass is 303 g/mol. The SMILES string of the molecule is CCC(C)C(=O)NCCN1CCN(c2cccc(C)c2)CC1. The van der Waals surface area contributed by atoms with Crippen LogP contribution in [0.3, 0.4) is 0 Å². The molecule has 0 aliphatic carbocycles. The molecule has 22 heavy (non-hydrogen) atoms. The number of piperazine rings is 1. The zero-order valence-corrected chi connectivity index (χ0v) is 14.1. The predicted octanol–water partition coefficient (Wildman–Crippen LogP) is 2.28. The minimum Gasteiger partial charge on any atom is -0.369 e. The quantitative estimate of drug-likeness (QED) is 0.876. The van der Waals surface area contributed by atoms with E-state index in [1.807, 2.05) is 6.92 Å². The molecule has 1 aromatic rings. The van der Waals surface area contributed by atoms with E-state index in [0.717, 1.165) is 45.7 Å². The Balaban J connectivity index is 1.70. The molecule has 1 aromatic carbocycles. The molecule has 1 saturated heterocycles. The average molecular weight is 303 g/mol. The summed E-state index contributed by atoms with van der Waals surface area (Å²) < 4.78 is 0. The molecule has 4 nitrogen and oxygen atoms in total. The minimum absolute atomic E-state index is 0.123. The summed E-state index contributed by atoms with van der Waals surface area (Å²) in [5.41, 5.74) is 2.64. The van der Waals surface area contributed by atoms with Crippen LogP contribution in [0.5, 0.6) is 0 Å². The fourth-order valence-corrected chi connectivity index (χ4v) is 2.75. The average Bonchev–Trinajstić information content (AvgIpc) is 2.54. The van der Waals surface area contributed by atoms with Crippen molar-refractivity contribution in [1.29, 1.82) is 0 Å². The molecule has 122 valence electrons. The highest BCUT2D eigenvalue weighted by Crippen LogP contribution is 2.17. The van der Waals surface area contributed by atoms with Crippen molar-refractivity contribution in [3.8, 4) is 0 Å². The Labute approximate surface area is 134 Å². The molecule has 1 amide bonds. The van der Waals surface area contributed by atoms with Crippen molar-refractivity contribution < 1.29 is 4.79 Å². The summed E-state index contributed by atoms with van der Waals surface area (Å²) in [6, 6.07) is 8.71. The van der Waals surface area contributed by atoms with Crippen LogP contribution in [0.4, 0.5) is 5.69 Å². The Morgan fingerprint density at radius 3 is 2.64 bits per heavy atom. The van der Waals surface area contributed by atoms with Gasteiger partial charge in [0.05, 0.1) is 0 Å². The van der Waals surface area contributed by atoms with Crippen molar-refractivity contribution in [2.75, 3.05) is 44.2 Å². The lowest BCUT2D eigenvalue weighted by Crippen LogP contribution is -2.48. The number of hydrogen-bond acceptors (Lipinski definition) is 3. The van der Waals surface area contributed by atoms with Gasteiger partial charge in [0.2, 0.25) is 5.91 Å². The molecule has 1 fully saturated rings. The van der Waals surface area contributed by atoms with E-state index in [2.05, 4.69) is 53.2 Å². The van der Waals surface area contributed by atoms with E-state index in [1.165, 1.54) is 11.3 Å². The van der Waals surface area contributed by atoms with Gasteiger partial charge in [-0.2, -0.15) is 0 Å². The first kappa shape index (κ1) is 16.8. The van der Waals surface area contributed by atoms with Crippen LogP contribution >= 0.6 is 0 Å². The van der Waals surface area contributed by atoms with Gasteiger partial charge in [-0.15, -0.1) is 0 Å². The van der Waals surface area contributed by atoms with Crippen LogP contribution < -0.4 is 10.2 Å². The maximum Gasteiger partial charge on any atom is 0.222 e. The second-order valence-electron chi connectivity index (χ2n) is 6.27. The first-order chi connectivity index (χ1) is 10.6. The van der Waals surface area contributed by atoms with Crippen LogP contribution in [0.2, 0.25) is 0 Å². The molecule has 1 aliphatic heterocycles. The Morgan fingerprint density at radius 2 is 2.00 bits per heavy atom. The van der Waals surface area contributed by atoms with Gasteiger partial charge in [-0.25, -0.2) is 0 Å². The molecule has 0 bridgehead atoms. The van der Waals surface area contributed by atoms with Gasteiger partial charge < -0.3 is 10.2 Å². The second-order valence-corrected chi connectivity index (χ2v) is 6.27. The number of benzene rings is 1. The number of amides is 1. The number of aryl methyl sites for hydroxylation is 1. The molecule has 1 N–H and O–H groups in total. The van der Waals surface area contributed by atoms with Crippen molar-refractivity contribution in [1.82, 2.24) is 10.2 Å². The number of anilines is 1. The van der Waals surface area contributed by atoms with E-state index in [9.17, 15) is 4.79 Å². The topological polar surface area (TPSA) is 35.6 Å². The number of rotatable bonds is 6. The Morgan fingerprint density at radius 1 is 1.27 bits per heavy atom. The molecule has 0 aromatic heterocycles. The Kier molecular flexibility index (Phi) is 6.25. The molecule has 0 saturated carbocycles. The van der Waals surface area contributed by atoms with Gasteiger partial charge >= 0.3 is 0 Å². The molecule has 0 radical (unpaired) electrons. The first-order valence-electron chi connectivity index (χ1n) is 8.42. The van der Waals surface area contributed by atoms with Crippen molar-refractivity contribution in [3.63, 3.8) is 0 Å². The summed E-state index contributed by atoms with van der Waals surface area (Å²) in [7, 11) is 0. The van der Waals surface area contributed by atoms with Gasteiger partial charge in [-0.05, 0) is 31.0 Å². The van der Waals surface area contributed by atoms with Gasteiger partial charge in [-0.1, -0.05) is 26.0 Å². The first-order valence-corrected chi connectivity index (χ1v) is 8.42. The number of hydrogen-bond donors (Lipinski definition) is 1. The zero-order chi connectivity index (χ0) is 15.9. The van der Waals surface area contributed by atoms with Gasteiger partial charge in [0.1, 0.15) is 0 Å². The highest BCUT2D eigenvalue weighted by Gasteiger charge is 2.17. The lowest BCUT2D eigenvalue weighted by atomic mass is 10.1. The largest absolute Gasteiger partial charge is 0.369 e. The number of carbonyl (C=O) groups is 1. The van der Waals surface area contributed by atoms with Crippen LogP contribution in [0.1, 0.15) is 25.8 Å². The van der Waals surface area contributed by atoms with Crippen molar-refractivity contribution in [2.45, 2.75) is 27.2 Å². The summed E-state index contributed by atoms with van der Waals surface area (Å²) in [5.74, 6) is 0.305. The van der Waals surface area contributed by atoms with Crippen LogP contribution in [0.15, 0.2) is 24.3 Å². The number of carbonyl (C=O) groups excluding carboxylic acids is 1. The van der Waals surface area contributed by atoms with Crippen LogP contribution in [-0.2, 0) is 4.79 Å². The summed E-state index contributed by atoms with van der Waals surface area (Å²) in [5, 5.41) is 3.04. The second kappa shape index (κ2) is 8.18. The maximum absolute atomic E-state index is 11.7. The third kappa shape index (κ3) is 4.73. The van der Waals surface area contributed by atoms with Crippen molar-refractivity contribution >= 4 is 11.6 Å². The molecular formula is C18H29N3O. The van der Waals surface area contributed by atoms with Crippen molar-refractivity contribution in [3.05, 3.63) is 29.8 Å². The third-order valence-electron chi connectivity index (χ3n) is 4.53. The molecule has 1 atom stereocenters. The smallest absolute Gasteiger partial charge is 0.222 e. The van der Waals surface area contributed by atoms with E-state index < -0.39 is 0 Å². The lowest BCUT2D eigenvalue weighted by Gasteiger charge is -2.36. The summed E-state index contributed by atoms with van der Waals surface area (Å²) in [6.07, 6.45) is 0.904. The molecule has 0 spiro atoms.